The molecule has 0 saturated carbocycles. The van der Waals surface area contributed by atoms with E-state index in [0.29, 0.717) is 21.2 Å². The van der Waals surface area contributed by atoms with Crippen molar-refractivity contribution < 1.29 is 15.0 Å². The summed E-state index contributed by atoms with van der Waals surface area (Å²) < 4.78 is 0. The zero-order valence-corrected chi connectivity index (χ0v) is 11.9. The molecule has 2 aromatic carbocycles. The molecule has 1 unspecified atom stereocenters. The molecule has 0 aliphatic rings. The summed E-state index contributed by atoms with van der Waals surface area (Å²) in [6.45, 7) is 0. The molecule has 0 amide bonds. The van der Waals surface area contributed by atoms with Crippen molar-refractivity contribution in [2.24, 2.45) is 0 Å². The van der Waals surface area contributed by atoms with Crippen LogP contribution in [0.3, 0.4) is 0 Å². The molecule has 0 saturated heterocycles. The van der Waals surface area contributed by atoms with E-state index in [1.54, 1.807) is 36.4 Å². The summed E-state index contributed by atoms with van der Waals surface area (Å²) >= 11 is 11.8. The summed E-state index contributed by atoms with van der Waals surface area (Å²) in [5.41, 5.74) is 1.30. The number of carbonyl (C=O) groups is 1. The van der Waals surface area contributed by atoms with E-state index in [9.17, 15) is 9.90 Å². The lowest BCUT2D eigenvalue weighted by Crippen LogP contribution is -2.07. The number of aliphatic hydroxyl groups excluding tert-OH is 1. The second-order valence-electron chi connectivity index (χ2n) is 4.39. The summed E-state index contributed by atoms with van der Waals surface area (Å²) in [4.78, 5) is 11.1. The average molecular weight is 311 g/mol. The monoisotopic (exact) mass is 310 g/mol. The van der Waals surface area contributed by atoms with Gasteiger partial charge in [0, 0.05) is 16.5 Å². The highest BCUT2D eigenvalue weighted by Crippen LogP contribution is 2.26. The van der Waals surface area contributed by atoms with Crippen molar-refractivity contribution in [1.29, 1.82) is 0 Å². The lowest BCUT2D eigenvalue weighted by molar-refractivity contribution is 0.0694. The van der Waals surface area contributed by atoms with Gasteiger partial charge in [0.25, 0.3) is 0 Å². The van der Waals surface area contributed by atoms with Crippen LogP contribution in [0.1, 0.15) is 27.6 Å². The van der Waals surface area contributed by atoms with Crippen LogP contribution >= 0.6 is 23.2 Å². The third kappa shape index (κ3) is 3.51. The van der Waals surface area contributed by atoms with Gasteiger partial charge in [-0.25, -0.2) is 4.79 Å². The predicted octanol–water partition coefficient (Wildman–Crippen LogP) is 3.97. The Hall–Kier alpha value is -1.55. The highest BCUT2D eigenvalue weighted by Gasteiger charge is 2.15. The number of carboxylic acid groups (broad SMARTS) is 1. The lowest BCUT2D eigenvalue weighted by Gasteiger charge is -2.13. The number of rotatable bonds is 4. The smallest absolute Gasteiger partial charge is 0.335 e. The summed E-state index contributed by atoms with van der Waals surface area (Å²) in [6, 6.07) is 11.4. The van der Waals surface area contributed by atoms with Gasteiger partial charge in [0.1, 0.15) is 0 Å². The third-order valence-electron chi connectivity index (χ3n) is 2.93. The van der Waals surface area contributed by atoms with Gasteiger partial charge in [0.05, 0.1) is 11.7 Å². The highest BCUT2D eigenvalue weighted by molar-refractivity contribution is 6.34. The number of aliphatic hydroxyl groups is 1. The molecule has 3 nitrogen and oxygen atoms in total. The van der Waals surface area contributed by atoms with E-state index in [1.165, 1.54) is 6.07 Å². The van der Waals surface area contributed by atoms with Gasteiger partial charge in [0.2, 0.25) is 0 Å². The maximum absolute atomic E-state index is 11.1. The average Bonchev–Trinajstić information content (AvgIpc) is 2.37. The zero-order chi connectivity index (χ0) is 14.7. The van der Waals surface area contributed by atoms with Gasteiger partial charge in [-0.2, -0.15) is 0 Å². The third-order valence-corrected chi connectivity index (χ3v) is 3.37. The van der Waals surface area contributed by atoms with Crippen molar-refractivity contribution in [3.05, 3.63) is 69.2 Å². The van der Waals surface area contributed by atoms with Crippen LogP contribution in [0.25, 0.3) is 0 Å². The molecule has 1 atom stereocenters. The second kappa shape index (κ2) is 6.27. The molecule has 0 aliphatic carbocycles. The summed E-state index contributed by atoms with van der Waals surface area (Å²) in [5, 5.41) is 20.2. The number of aromatic carboxylic acids is 1. The van der Waals surface area contributed by atoms with Gasteiger partial charge in [-0.15, -0.1) is 0 Å². The lowest BCUT2D eigenvalue weighted by atomic mass is 9.97. The summed E-state index contributed by atoms with van der Waals surface area (Å²) in [7, 11) is 0. The Morgan fingerprint density at radius 2 is 1.70 bits per heavy atom. The maximum Gasteiger partial charge on any atom is 0.335 e. The van der Waals surface area contributed by atoms with E-state index in [4.69, 9.17) is 28.3 Å². The fourth-order valence-electron chi connectivity index (χ4n) is 2.00. The van der Waals surface area contributed by atoms with Crippen LogP contribution in [0.5, 0.6) is 0 Å². The Morgan fingerprint density at radius 3 is 2.30 bits per heavy atom. The van der Waals surface area contributed by atoms with Crippen molar-refractivity contribution >= 4 is 29.2 Å². The Balaban J connectivity index is 2.28. The molecule has 2 N–H and O–H groups in total. The first kappa shape index (κ1) is 14.9. The van der Waals surface area contributed by atoms with E-state index in [0.717, 1.165) is 0 Å². The number of halogens is 2. The minimum absolute atomic E-state index is 0.180. The molecule has 104 valence electrons. The van der Waals surface area contributed by atoms with Crippen LogP contribution in [-0.4, -0.2) is 16.2 Å². The van der Waals surface area contributed by atoms with Crippen molar-refractivity contribution in [1.82, 2.24) is 0 Å². The van der Waals surface area contributed by atoms with E-state index < -0.39 is 12.1 Å². The molecule has 0 aliphatic heterocycles. The molecule has 0 radical (unpaired) electrons. The molecular formula is C15H12Cl2O3. The first-order valence-corrected chi connectivity index (χ1v) is 6.68. The predicted molar refractivity (Wildman–Crippen MR) is 78.5 cm³/mol. The molecule has 0 heterocycles. The number of benzene rings is 2. The molecule has 0 aromatic heterocycles. The first-order chi connectivity index (χ1) is 9.47. The van der Waals surface area contributed by atoms with Gasteiger partial charge >= 0.3 is 5.97 Å². The number of hydrogen-bond donors (Lipinski definition) is 2. The molecule has 5 heteroatoms. The standard InChI is InChI=1S/C15H12Cl2O3/c16-11-5-10(6-12(17)8-11)14(18)7-9-3-1-2-4-13(9)15(19)20/h1-6,8,14,18H,7H2,(H,19,20). The largest absolute Gasteiger partial charge is 0.478 e. The fourth-order valence-corrected chi connectivity index (χ4v) is 2.54. The summed E-state index contributed by atoms with van der Waals surface area (Å²) in [6.07, 6.45) is -0.689. The van der Waals surface area contributed by atoms with Crippen LogP contribution in [-0.2, 0) is 6.42 Å². The minimum Gasteiger partial charge on any atom is -0.478 e. The topological polar surface area (TPSA) is 57.5 Å². The van der Waals surface area contributed by atoms with Gasteiger partial charge in [-0.05, 0) is 35.4 Å². The molecule has 2 aromatic rings. The molecule has 20 heavy (non-hydrogen) atoms. The van der Waals surface area contributed by atoms with E-state index in [1.807, 2.05) is 0 Å². The quantitative estimate of drug-likeness (QED) is 0.898. The van der Waals surface area contributed by atoms with Gasteiger partial charge in [0.15, 0.2) is 0 Å². The normalized spacial score (nSPS) is 12.2. The Labute approximate surface area is 126 Å². The Bertz CT molecular complexity index is 621. The fraction of sp³-hybridized carbons (Fsp3) is 0.133. The molecular weight excluding hydrogens is 299 g/mol. The molecule has 2 rings (SSSR count). The van der Waals surface area contributed by atoms with Crippen molar-refractivity contribution in [3.8, 4) is 0 Å². The Morgan fingerprint density at radius 1 is 1.10 bits per heavy atom. The Kier molecular flexibility index (Phi) is 4.65. The van der Waals surface area contributed by atoms with E-state index in [-0.39, 0.29) is 12.0 Å². The van der Waals surface area contributed by atoms with Crippen LogP contribution in [0.15, 0.2) is 42.5 Å². The highest BCUT2D eigenvalue weighted by atomic mass is 35.5. The van der Waals surface area contributed by atoms with Crippen LogP contribution < -0.4 is 0 Å². The molecule has 0 spiro atoms. The number of hydrogen-bond acceptors (Lipinski definition) is 2. The minimum atomic E-state index is -1.02. The first-order valence-electron chi connectivity index (χ1n) is 5.92. The molecule has 0 bridgehead atoms. The van der Waals surface area contributed by atoms with Gasteiger partial charge < -0.3 is 10.2 Å². The van der Waals surface area contributed by atoms with Crippen LogP contribution in [0, 0.1) is 0 Å². The SMILES string of the molecule is O=C(O)c1ccccc1CC(O)c1cc(Cl)cc(Cl)c1. The number of carboxylic acids is 1. The van der Waals surface area contributed by atoms with Crippen LogP contribution in [0.4, 0.5) is 0 Å². The van der Waals surface area contributed by atoms with Crippen LogP contribution in [0.2, 0.25) is 10.0 Å². The van der Waals surface area contributed by atoms with Crippen molar-refractivity contribution in [2.75, 3.05) is 0 Å². The van der Waals surface area contributed by atoms with Crippen molar-refractivity contribution in [3.63, 3.8) is 0 Å². The van der Waals surface area contributed by atoms with Gasteiger partial charge in [-0.3, -0.25) is 0 Å². The zero-order valence-electron chi connectivity index (χ0n) is 10.4. The van der Waals surface area contributed by atoms with Crippen molar-refractivity contribution in [2.45, 2.75) is 12.5 Å². The second-order valence-corrected chi connectivity index (χ2v) is 5.26. The van der Waals surface area contributed by atoms with E-state index >= 15 is 0 Å². The van der Waals surface area contributed by atoms with E-state index in [2.05, 4.69) is 0 Å². The molecule has 0 fully saturated rings. The maximum atomic E-state index is 11.1. The van der Waals surface area contributed by atoms with Gasteiger partial charge in [-0.1, -0.05) is 41.4 Å². The summed E-state index contributed by atoms with van der Waals surface area (Å²) in [5.74, 6) is -1.02.